The highest BCUT2D eigenvalue weighted by atomic mass is 35.5. The highest BCUT2D eigenvalue weighted by Gasteiger charge is 2.20. The molecule has 0 bridgehead atoms. The summed E-state index contributed by atoms with van der Waals surface area (Å²) in [4.78, 5) is 12.9. The van der Waals surface area contributed by atoms with E-state index in [4.69, 9.17) is 0 Å². The summed E-state index contributed by atoms with van der Waals surface area (Å²) in [5, 5.41) is 6.33. The Kier molecular flexibility index (Phi) is 8.48. The number of benzene rings is 2. The van der Waals surface area contributed by atoms with Crippen LogP contribution in [0, 0.1) is 5.92 Å². The van der Waals surface area contributed by atoms with Crippen molar-refractivity contribution in [2.45, 2.75) is 29.9 Å². The maximum atomic E-state index is 12.7. The number of hydrogen-bond donors (Lipinski definition) is 2. The first-order valence-electron chi connectivity index (χ1n) is 9.41. The summed E-state index contributed by atoms with van der Waals surface area (Å²) in [6.45, 7) is 2.68. The minimum absolute atomic E-state index is 0. The first kappa shape index (κ1) is 22.4. The van der Waals surface area contributed by atoms with E-state index in [0.29, 0.717) is 23.6 Å². The van der Waals surface area contributed by atoms with Gasteiger partial charge in [0.15, 0.2) is 9.84 Å². The van der Waals surface area contributed by atoms with Crippen molar-refractivity contribution in [1.82, 2.24) is 10.6 Å². The second-order valence-electron chi connectivity index (χ2n) is 6.99. The van der Waals surface area contributed by atoms with Gasteiger partial charge in [0.25, 0.3) is 5.91 Å². The van der Waals surface area contributed by atoms with Crippen molar-refractivity contribution in [2.24, 2.45) is 5.92 Å². The molecule has 1 atom stereocenters. The normalized spacial score (nSPS) is 16.8. The van der Waals surface area contributed by atoms with E-state index < -0.39 is 9.84 Å². The second-order valence-corrected chi connectivity index (χ2v) is 8.98. The van der Waals surface area contributed by atoms with Crippen LogP contribution in [0.1, 0.15) is 35.2 Å². The van der Waals surface area contributed by atoms with Crippen LogP contribution in [0.2, 0.25) is 0 Å². The predicted molar refractivity (Wildman–Crippen MR) is 114 cm³/mol. The molecule has 0 spiro atoms. The minimum Gasteiger partial charge on any atom is -0.352 e. The van der Waals surface area contributed by atoms with E-state index in [1.54, 1.807) is 54.6 Å². The maximum absolute atomic E-state index is 12.7. The molecule has 1 fully saturated rings. The van der Waals surface area contributed by atoms with Crippen molar-refractivity contribution < 1.29 is 13.2 Å². The molecule has 0 aliphatic carbocycles. The van der Waals surface area contributed by atoms with E-state index in [-0.39, 0.29) is 29.0 Å². The van der Waals surface area contributed by atoms with Gasteiger partial charge in [-0.05, 0) is 62.0 Å². The van der Waals surface area contributed by atoms with Crippen molar-refractivity contribution in [3.63, 3.8) is 0 Å². The third kappa shape index (κ3) is 6.06. The number of rotatable bonds is 7. The summed E-state index contributed by atoms with van der Waals surface area (Å²) in [7, 11) is -3.50. The van der Waals surface area contributed by atoms with Crippen LogP contribution in [0.4, 0.5) is 0 Å². The fourth-order valence-electron chi connectivity index (χ4n) is 3.44. The molecule has 0 saturated carbocycles. The molecular weight excluding hydrogens is 396 g/mol. The summed E-state index contributed by atoms with van der Waals surface area (Å²) < 4.78 is 25.3. The van der Waals surface area contributed by atoms with Crippen LogP contribution in [0.5, 0.6) is 0 Å². The van der Waals surface area contributed by atoms with Gasteiger partial charge < -0.3 is 10.6 Å². The third-order valence-corrected chi connectivity index (χ3v) is 6.63. The standard InChI is InChI=1S/C21H26N2O3S.ClH/c24-21(23-14-12-17-7-6-13-22-15-17)20-11-5-4-8-18(20)16-27(25,26)19-9-2-1-3-10-19;/h1-5,8-11,17,22H,6-7,12-16H2,(H,23,24);1H. The third-order valence-electron chi connectivity index (χ3n) is 4.95. The highest BCUT2D eigenvalue weighted by molar-refractivity contribution is 7.90. The SMILES string of the molecule is Cl.O=C(NCCC1CCCNC1)c1ccccc1CS(=O)(=O)c1ccccc1. The molecule has 1 aliphatic rings. The fourth-order valence-corrected chi connectivity index (χ4v) is 4.84. The number of nitrogens with one attached hydrogen (secondary N) is 2. The van der Waals surface area contributed by atoms with Crippen molar-refractivity contribution in [3.05, 3.63) is 65.7 Å². The molecule has 1 amide bonds. The molecule has 3 rings (SSSR count). The van der Waals surface area contributed by atoms with Gasteiger partial charge in [-0.15, -0.1) is 12.4 Å². The summed E-state index contributed by atoms with van der Waals surface area (Å²) >= 11 is 0. The highest BCUT2D eigenvalue weighted by Crippen LogP contribution is 2.19. The summed E-state index contributed by atoms with van der Waals surface area (Å²) in [5.41, 5.74) is 0.956. The molecule has 28 heavy (non-hydrogen) atoms. The maximum Gasteiger partial charge on any atom is 0.251 e. The monoisotopic (exact) mass is 422 g/mol. The van der Waals surface area contributed by atoms with Gasteiger partial charge in [0.05, 0.1) is 10.6 Å². The number of carbonyl (C=O) groups is 1. The Morgan fingerprint density at radius 1 is 1.07 bits per heavy atom. The van der Waals surface area contributed by atoms with Crippen LogP contribution < -0.4 is 10.6 Å². The van der Waals surface area contributed by atoms with Crippen LogP contribution >= 0.6 is 12.4 Å². The molecule has 1 aliphatic heterocycles. The lowest BCUT2D eigenvalue weighted by Crippen LogP contribution is -2.33. The van der Waals surface area contributed by atoms with Gasteiger partial charge in [-0.25, -0.2) is 8.42 Å². The molecule has 7 heteroatoms. The number of hydrogen-bond acceptors (Lipinski definition) is 4. The molecule has 2 N–H and O–H groups in total. The molecule has 152 valence electrons. The largest absolute Gasteiger partial charge is 0.352 e. The van der Waals surface area contributed by atoms with Crippen LogP contribution in [0.3, 0.4) is 0 Å². The summed E-state index contributed by atoms with van der Waals surface area (Å²) in [6, 6.07) is 15.3. The van der Waals surface area contributed by atoms with E-state index in [2.05, 4.69) is 10.6 Å². The average molecular weight is 423 g/mol. The lowest BCUT2D eigenvalue weighted by atomic mass is 9.96. The number of halogens is 1. The Bertz CT molecular complexity index is 866. The molecular formula is C21H27ClN2O3S. The minimum atomic E-state index is -3.50. The zero-order valence-electron chi connectivity index (χ0n) is 15.8. The van der Waals surface area contributed by atoms with Gasteiger partial charge in [0.2, 0.25) is 0 Å². The molecule has 5 nitrogen and oxygen atoms in total. The fraction of sp³-hybridized carbons (Fsp3) is 0.381. The first-order chi connectivity index (χ1) is 13.1. The zero-order valence-corrected chi connectivity index (χ0v) is 17.4. The van der Waals surface area contributed by atoms with Gasteiger partial charge in [-0.2, -0.15) is 0 Å². The second kappa shape index (κ2) is 10.6. The number of piperidine rings is 1. The van der Waals surface area contributed by atoms with Gasteiger partial charge in [0, 0.05) is 12.1 Å². The number of amides is 1. The number of sulfone groups is 1. The summed E-state index contributed by atoms with van der Waals surface area (Å²) in [6.07, 6.45) is 3.30. The van der Waals surface area contributed by atoms with Crippen LogP contribution in [0.15, 0.2) is 59.5 Å². The molecule has 0 radical (unpaired) electrons. The Balaban J connectivity index is 0.00000280. The first-order valence-corrected chi connectivity index (χ1v) is 11.1. The van der Waals surface area contributed by atoms with Gasteiger partial charge >= 0.3 is 0 Å². The van der Waals surface area contributed by atoms with Crippen LogP contribution in [0.25, 0.3) is 0 Å². The number of carbonyl (C=O) groups excluding carboxylic acids is 1. The zero-order chi connectivity index (χ0) is 19.1. The lowest BCUT2D eigenvalue weighted by molar-refractivity contribution is 0.0950. The molecule has 2 aromatic rings. The predicted octanol–water partition coefficient (Wildman–Crippen LogP) is 3.20. The van der Waals surface area contributed by atoms with Gasteiger partial charge in [-0.1, -0.05) is 36.4 Å². The van der Waals surface area contributed by atoms with E-state index in [1.165, 1.54) is 12.8 Å². The summed E-state index contributed by atoms with van der Waals surface area (Å²) in [5.74, 6) is 0.193. The van der Waals surface area contributed by atoms with Crippen molar-refractivity contribution in [1.29, 1.82) is 0 Å². The molecule has 2 aromatic carbocycles. The Hall–Kier alpha value is -1.89. The van der Waals surface area contributed by atoms with E-state index >= 15 is 0 Å². The lowest BCUT2D eigenvalue weighted by Gasteiger charge is -2.22. The quantitative estimate of drug-likeness (QED) is 0.718. The van der Waals surface area contributed by atoms with Gasteiger partial charge in [-0.3, -0.25) is 4.79 Å². The molecule has 0 aromatic heterocycles. The smallest absolute Gasteiger partial charge is 0.251 e. The van der Waals surface area contributed by atoms with Crippen molar-refractivity contribution >= 4 is 28.2 Å². The molecule has 1 heterocycles. The molecule has 1 unspecified atom stereocenters. The van der Waals surface area contributed by atoms with Crippen molar-refractivity contribution in [3.8, 4) is 0 Å². The Labute approximate surface area is 173 Å². The average Bonchev–Trinajstić information content (AvgIpc) is 2.69. The van der Waals surface area contributed by atoms with E-state index in [1.807, 2.05) is 0 Å². The Morgan fingerprint density at radius 2 is 1.79 bits per heavy atom. The van der Waals surface area contributed by atoms with Crippen LogP contribution in [-0.2, 0) is 15.6 Å². The topological polar surface area (TPSA) is 75.3 Å². The van der Waals surface area contributed by atoms with E-state index in [0.717, 1.165) is 19.5 Å². The molecule has 1 saturated heterocycles. The Morgan fingerprint density at radius 3 is 2.50 bits per heavy atom. The van der Waals surface area contributed by atoms with Gasteiger partial charge in [0.1, 0.15) is 0 Å². The van der Waals surface area contributed by atoms with E-state index in [9.17, 15) is 13.2 Å². The van der Waals surface area contributed by atoms with Crippen molar-refractivity contribution in [2.75, 3.05) is 19.6 Å². The van der Waals surface area contributed by atoms with Crippen LogP contribution in [-0.4, -0.2) is 34.0 Å².